The van der Waals surface area contributed by atoms with Gasteiger partial charge in [-0.3, -0.25) is 4.79 Å². The van der Waals surface area contributed by atoms with E-state index in [1.54, 1.807) is 24.4 Å². The summed E-state index contributed by atoms with van der Waals surface area (Å²) >= 11 is 9.36. The van der Waals surface area contributed by atoms with E-state index in [1.165, 1.54) is 0 Å². The van der Waals surface area contributed by atoms with E-state index in [2.05, 4.69) is 20.9 Å². The van der Waals surface area contributed by atoms with Crippen LogP contribution in [0.15, 0.2) is 53.1 Å². The number of aromatic nitrogens is 1. The van der Waals surface area contributed by atoms with Gasteiger partial charge in [0.2, 0.25) is 0 Å². The molecule has 0 bridgehead atoms. The molecule has 0 aliphatic rings. The van der Waals surface area contributed by atoms with E-state index in [0.29, 0.717) is 16.1 Å². The molecule has 0 atom stereocenters. The second-order valence-electron chi connectivity index (χ2n) is 4.23. The third-order valence-corrected chi connectivity index (χ3v) is 3.70. The molecule has 4 heteroatoms. The van der Waals surface area contributed by atoms with E-state index >= 15 is 0 Å². The Balaban J connectivity index is 2.14. The fourth-order valence-electron chi connectivity index (χ4n) is 2.07. The van der Waals surface area contributed by atoms with Crippen LogP contribution in [0, 0.1) is 0 Å². The van der Waals surface area contributed by atoms with Gasteiger partial charge in [-0.15, -0.1) is 0 Å². The number of H-pyrrole nitrogens is 1. The molecule has 19 heavy (non-hydrogen) atoms. The van der Waals surface area contributed by atoms with Crippen LogP contribution in [-0.2, 0) is 0 Å². The van der Waals surface area contributed by atoms with Gasteiger partial charge in [0, 0.05) is 37.7 Å². The van der Waals surface area contributed by atoms with Crippen molar-refractivity contribution in [3.05, 3.63) is 69.3 Å². The van der Waals surface area contributed by atoms with Gasteiger partial charge < -0.3 is 4.98 Å². The summed E-state index contributed by atoms with van der Waals surface area (Å²) < 4.78 is 0.885. The predicted molar refractivity (Wildman–Crippen MR) is 80.9 cm³/mol. The molecule has 1 aromatic heterocycles. The SMILES string of the molecule is O=C(c1cccc(Br)c1)c1c[nH]c2ccc(Cl)cc12. The highest BCUT2D eigenvalue weighted by Crippen LogP contribution is 2.25. The van der Waals surface area contributed by atoms with Gasteiger partial charge in [-0.1, -0.05) is 39.7 Å². The Kier molecular flexibility index (Phi) is 3.17. The van der Waals surface area contributed by atoms with E-state index in [9.17, 15) is 4.79 Å². The number of hydrogen-bond donors (Lipinski definition) is 1. The van der Waals surface area contributed by atoms with Gasteiger partial charge in [-0.05, 0) is 30.3 Å². The Bertz CT molecular complexity index is 779. The zero-order chi connectivity index (χ0) is 13.4. The molecular weight excluding hydrogens is 326 g/mol. The second kappa shape index (κ2) is 4.83. The molecule has 0 radical (unpaired) electrons. The van der Waals surface area contributed by atoms with Crippen LogP contribution < -0.4 is 0 Å². The monoisotopic (exact) mass is 333 g/mol. The Labute approximate surface area is 123 Å². The second-order valence-corrected chi connectivity index (χ2v) is 5.58. The summed E-state index contributed by atoms with van der Waals surface area (Å²) in [5.41, 5.74) is 2.19. The van der Waals surface area contributed by atoms with Crippen molar-refractivity contribution in [3.8, 4) is 0 Å². The molecule has 0 spiro atoms. The van der Waals surface area contributed by atoms with Gasteiger partial charge in [0.15, 0.2) is 5.78 Å². The van der Waals surface area contributed by atoms with Gasteiger partial charge in [0.25, 0.3) is 0 Å². The fraction of sp³-hybridized carbons (Fsp3) is 0. The van der Waals surface area contributed by atoms with Gasteiger partial charge in [-0.2, -0.15) is 0 Å². The first kappa shape index (κ1) is 12.5. The summed E-state index contributed by atoms with van der Waals surface area (Å²) in [5.74, 6) is -0.0187. The number of fused-ring (bicyclic) bond motifs is 1. The highest BCUT2D eigenvalue weighted by molar-refractivity contribution is 9.10. The number of carbonyl (C=O) groups is 1. The number of halogens is 2. The zero-order valence-electron chi connectivity index (χ0n) is 9.78. The highest BCUT2D eigenvalue weighted by Gasteiger charge is 2.14. The van der Waals surface area contributed by atoms with Crippen LogP contribution in [0.3, 0.4) is 0 Å². The average molecular weight is 335 g/mol. The maximum absolute atomic E-state index is 12.5. The van der Waals surface area contributed by atoms with Gasteiger partial charge >= 0.3 is 0 Å². The summed E-state index contributed by atoms with van der Waals surface area (Å²) in [5, 5.41) is 1.47. The molecule has 0 fully saturated rings. The molecule has 1 N–H and O–H groups in total. The number of rotatable bonds is 2. The predicted octanol–water partition coefficient (Wildman–Crippen LogP) is 4.81. The molecular formula is C15H9BrClNO. The van der Waals surface area contributed by atoms with Gasteiger partial charge in [0.1, 0.15) is 0 Å². The van der Waals surface area contributed by atoms with Crippen molar-refractivity contribution in [1.82, 2.24) is 4.98 Å². The van der Waals surface area contributed by atoms with Crippen LogP contribution in [0.25, 0.3) is 10.9 Å². The summed E-state index contributed by atoms with van der Waals surface area (Å²) in [6.07, 6.45) is 1.73. The van der Waals surface area contributed by atoms with Gasteiger partial charge in [0.05, 0.1) is 0 Å². The van der Waals surface area contributed by atoms with Crippen molar-refractivity contribution in [2.24, 2.45) is 0 Å². The van der Waals surface area contributed by atoms with Crippen LogP contribution in [0.2, 0.25) is 5.02 Å². The van der Waals surface area contributed by atoms with Crippen molar-refractivity contribution in [1.29, 1.82) is 0 Å². The quantitative estimate of drug-likeness (QED) is 0.670. The number of ketones is 1. The molecule has 0 saturated carbocycles. The minimum absolute atomic E-state index is 0.0187. The summed E-state index contributed by atoms with van der Waals surface area (Å²) in [6, 6.07) is 12.8. The van der Waals surface area contributed by atoms with Crippen molar-refractivity contribution in [3.63, 3.8) is 0 Å². The number of hydrogen-bond acceptors (Lipinski definition) is 1. The normalized spacial score (nSPS) is 10.8. The first-order valence-electron chi connectivity index (χ1n) is 5.72. The standard InChI is InChI=1S/C15H9BrClNO/c16-10-3-1-2-9(6-10)15(19)13-8-18-14-5-4-11(17)7-12(13)14/h1-8,18H. The van der Waals surface area contributed by atoms with Crippen molar-refractivity contribution in [2.45, 2.75) is 0 Å². The van der Waals surface area contributed by atoms with Crippen LogP contribution in [0.5, 0.6) is 0 Å². The van der Waals surface area contributed by atoms with Crippen LogP contribution in [0.1, 0.15) is 15.9 Å². The molecule has 0 aliphatic carbocycles. The topological polar surface area (TPSA) is 32.9 Å². The molecule has 0 unspecified atom stereocenters. The fourth-order valence-corrected chi connectivity index (χ4v) is 2.64. The smallest absolute Gasteiger partial charge is 0.195 e. The molecule has 1 heterocycles. The first-order chi connectivity index (χ1) is 9.15. The minimum Gasteiger partial charge on any atom is -0.360 e. The third kappa shape index (κ3) is 2.31. The van der Waals surface area contributed by atoms with Crippen LogP contribution in [-0.4, -0.2) is 10.8 Å². The zero-order valence-corrected chi connectivity index (χ0v) is 12.1. The van der Waals surface area contributed by atoms with E-state index < -0.39 is 0 Å². The van der Waals surface area contributed by atoms with E-state index in [-0.39, 0.29) is 5.78 Å². The van der Waals surface area contributed by atoms with Crippen molar-refractivity contribution in [2.75, 3.05) is 0 Å². The number of aromatic amines is 1. The summed E-state index contributed by atoms with van der Waals surface area (Å²) in [6.45, 7) is 0. The Morgan fingerprint density at radius 3 is 2.79 bits per heavy atom. The van der Waals surface area contributed by atoms with Crippen molar-refractivity contribution < 1.29 is 4.79 Å². The average Bonchev–Trinajstić information content (AvgIpc) is 2.80. The maximum Gasteiger partial charge on any atom is 0.195 e. The Hall–Kier alpha value is -1.58. The first-order valence-corrected chi connectivity index (χ1v) is 6.89. The number of nitrogens with one attached hydrogen (secondary N) is 1. The van der Waals surface area contributed by atoms with E-state index in [0.717, 1.165) is 15.4 Å². The lowest BCUT2D eigenvalue weighted by Gasteiger charge is -2.01. The summed E-state index contributed by atoms with van der Waals surface area (Å²) in [7, 11) is 0. The Morgan fingerprint density at radius 1 is 1.16 bits per heavy atom. The lowest BCUT2D eigenvalue weighted by atomic mass is 10.0. The number of carbonyl (C=O) groups excluding carboxylic acids is 1. The molecule has 0 saturated heterocycles. The molecule has 0 amide bonds. The molecule has 0 aliphatic heterocycles. The largest absolute Gasteiger partial charge is 0.360 e. The number of benzene rings is 2. The molecule has 94 valence electrons. The lowest BCUT2D eigenvalue weighted by Crippen LogP contribution is -1.99. The van der Waals surface area contributed by atoms with E-state index in [4.69, 9.17) is 11.6 Å². The van der Waals surface area contributed by atoms with Crippen LogP contribution >= 0.6 is 27.5 Å². The minimum atomic E-state index is -0.0187. The lowest BCUT2D eigenvalue weighted by molar-refractivity contribution is 0.104. The molecule has 3 aromatic rings. The molecule has 2 aromatic carbocycles. The maximum atomic E-state index is 12.5. The Morgan fingerprint density at radius 2 is 2.00 bits per heavy atom. The molecule has 3 rings (SSSR count). The van der Waals surface area contributed by atoms with Crippen LogP contribution in [0.4, 0.5) is 0 Å². The summed E-state index contributed by atoms with van der Waals surface area (Å²) in [4.78, 5) is 15.6. The highest BCUT2D eigenvalue weighted by atomic mass is 79.9. The molecule has 2 nitrogen and oxygen atoms in total. The van der Waals surface area contributed by atoms with Gasteiger partial charge in [-0.25, -0.2) is 0 Å². The third-order valence-electron chi connectivity index (χ3n) is 2.98. The van der Waals surface area contributed by atoms with E-state index in [1.807, 2.05) is 24.3 Å². The van der Waals surface area contributed by atoms with Crippen molar-refractivity contribution >= 4 is 44.2 Å².